The van der Waals surface area contributed by atoms with E-state index in [1.54, 1.807) is 0 Å². The fraction of sp³-hybridized carbons (Fsp3) is 0.917. The van der Waals surface area contributed by atoms with Crippen molar-refractivity contribution in [3.05, 3.63) is 0 Å². The molecule has 1 atom stereocenters. The molecule has 1 aliphatic carbocycles. The zero-order valence-corrected chi connectivity index (χ0v) is 10.3. The maximum Gasteiger partial charge on any atom is 0.133 e. The van der Waals surface area contributed by atoms with Gasteiger partial charge in [0.1, 0.15) is 5.78 Å². The third-order valence-corrected chi connectivity index (χ3v) is 3.15. The predicted molar refractivity (Wildman–Crippen MR) is 62.4 cm³/mol. The fourth-order valence-electron chi connectivity index (χ4n) is 2.15. The number of nitrogens with zero attached hydrogens (tertiary/aromatic N) is 1. The summed E-state index contributed by atoms with van der Waals surface area (Å²) in [6.07, 6.45) is 2.81. The Morgan fingerprint density at radius 2 is 2.12 bits per heavy atom. The molecule has 4 heteroatoms. The Labute approximate surface area is 97.6 Å². The lowest BCUT2D eigenvalue weighted by molar-refractivity contribution is -0.121. The number of carbonyl (C=O) groups is 1. The van der Waals surface area contributed by atoms with Gasteiger partial charge in [-0.05, 0) is 26.8 Å². The van der Waals surface area contributed by atoms with Gasteiger partial charge in [0.15, 0.2) is 0 Å². The Bertz CT molecular complexity index is 210. The van der Waals surface area contributed by atoms with E-state index in [-0.39, 0.29) is 0 Å². The molecule has 16 heavy (non-hydrogen) atoms. The molecular weight excluding hydrogens is 206 g/mol. The second-order valence-electron chi connectivity index (χ2n) is 4.52. The Hall–Kier alpha value is -0.450. The Balaban J connectivity index is 2.23. The lowest BCUT2D eigenvalue weighted by Crippen LogP contribution is -2.41. The summed E-state index contributed by atoms with van der Waals surface area (Å²) in [5.41, 5.74) is 0. The van der Waals surface area contributed by atoms with Crippen LogP contribution >= 0.6 is 0 Å². The van der Waals surface area contributed by atoms with Gasteiger partial charge in [-0.25, -0.2) is 0 Å². The molecule has 0 aliphatic heterocycles. The molecular formula is C12H23NO3. The molecule has 1 saturated carbocycles. The average Bonchev–Trinajstić information content (AvgIpc) is 2.27. The van der Waals surface area contributed by atoms with Crippen LogP contribution in [0.4, 0.5) is 0 Å². The minimum Gasteiger partial charge on any atom is -0.389 e. The monoisotopic (exact) mass is 229 g/mol. The van der Waals surface area contributed by atoms with Crippen molar-refractivity contribution in [1.82, 2.24) is 4.90 Å². The van der Waals surface area contributed by atoms with Gasteiger partial charge in [0.2, 0.25) is 0 Å². The van der Waals surface area contributed by atoms with Gasteiger partial charge >= 0.3 is 0 Å². The van der Waals surface area contributed by atoms with Gasteiger partial charge in [0, 0.05) is 32.0 Å². The van der Waals surface area contributed by atoms with E-state index in [2.05, 4.69) is 4.90 Å². The first-order valence-electron chi connectivity index (χ1n) is 6.11. The Morgan fingerprint density at radius 1 is 1.50 bits per heavy atom. The summed E-state index contributed by atoms with van der Waals surface area (Å²) in [6.45, 7) is 3.58. The number of aliphatic hydroxyl groups is 1. The van der Waals surface area contributed by atoms with Gasteiger partial charge in [-0.2, -0.15) is 0 Å². The minimum atomic E-state index is -0.428. The van der Waals surface area contributed by atoms with Crippen molar-refractivity contribution in [2.75, 3.05) is 26.8 Å². The Kier molecular flexibility index (Phi) is 5.95. The van der Waals surface area contributed by atoms with E-state index < -0.39 is 6.10 Å². The standard InChI is InChI=1S/C12H23NO3/c1-3-16-9-12(15)8-13(2)10-4-6-11(14)7-5-10/h10,12,15H,3-9H2,1-2H3. The van der Waals surface area contributed by atoms with Gasteiger partial charge in [-0.1, -0.05) is 0 Å². The number of rotatable bonds is 6. The zero-order valence-electron chi connectivity index (χ0n) is 10.3. The van der Waals surface area contributed by atoms with E-state index in [0.29, 0.717) is 44.4 Å². The normalized spacial score (nSPS) is 20.4. The molecule has 94 valence electrons. The second kappa shape index (κ2) is 6.99. The largest absolute Gasteiger partial charge is 0.389 e. The predicted octanol–water partition coefficient (Wildman–Crippen LogP) is 0.827. The molecule has 1 fully saturated rings. The molecule has 0 amide bonds. The molecule has 0 spiro atoms. The quantitative estimate of drug-likeness (QED) is 0.733. The van der Waals surface area contributed by atoms with Crippen molar-refractivity contribution < 1.29 is 14.6 Å². The van der Waals surface area contributed by atoms with E-state index in [4.69, 9.17) is 4.74 Å². The van der Waals surface area contributed by atoms with E-state index in [1.807, 2.05) is 14.0 Å². The van der Waals surface area contributed by atoms with Crippen molar-refractivity contribution in [2.45, 2.75) is 44.8 Å². The van der Waals surface area contributed by atoms with Gasteiger partial charge in [-0.15, -0.1) is 0 Å². The first kappa shape index (κ1) is 13.6. The van der Waals surface area contributed by atoms with Crippen molar-refractivity contribution in [3.63, 3.8) is 0 Å². The highest BCUT2D eigenvalue weighted by atomic mass is 16.5. The Morgan fingerprint density at radius 3 is 2.69 bits per heavy atom. The van der Waals surface area contributed by atoms with Crippen LogP contribution in [0.2, 0.25) is 0 Å². The van der Waals surface area contributed by atoms with E-state index in [1.165, 1.54) is 0 Å². The molecule has 0 bridgehead atoms. The SMILES string of the molecule is CCOCC(O)CN(C)C1CCC(=O)CC1. The van der Waals surface area contributed by atoms with Crippen molar-refractivity contribution in [2.24, 2.45) is 0 Å². The summed E-state index contributed by atoms with van der Waals surface area (Å²) in [4.78, 5) is 13.3. The third-order valence-electron chi connectivity index (χ3n) is 3.15. The highest BCUT2D eigenvalue weighted by Crippen LogP contribution is 2.19. The number of hydrogen-bond acceptors (Lipinski definition) is 4. The molecule has 0 aromatic rings. The first-order chi connectivity index (χ1) is 7.63. The van der Waals surface area contributed by atoms with Crippen LogP contribution in [0.1, 0.15) is 32.6 Å². The summed E-state index contributed by atoms with van der Waals surface area (Å²) in [7, 11) is 2.01. The second-order valence-corrected chi connectivity index (χ2v) is 4.52. The number of likely N-dealkylation sites (N-methyl/N-ethyl adjacent to an activating group) is 1. The molecule has 0 aromatic heterocycles. The van der Waals surface area contributed by atoms with Crippen LogP contribution in [0, 0.1) is 0 Å². The van der Waals surface area contributed by atoms with E-state index in [0.717, 1.165) is 12.8 Å². The van der Waals surface area contributed by atoms with Gasteiger partial charge in [0.05, 0.1) is 12.7 Å². The maximum absolute atomic E-state index is 11.1. The summed E-state index contributed by atoms with van der Waals surface area (Å²) >= 11 is 0. The van der Waals surface area contributed by atoms with Crippen molar-refractivity contribution in [1.29, 1.82) is 0 Å². The number of aliphatic hydroxyl groups excluding tert-OH is 1. The number of carbonyl (C=O) groups excluding carboxylic acids is 1. The van der Waals surface area contributed by atoms with Crippen LogP contribution in [-0.2, 0) is 9.53 Å². The van der Waals surface area contributed by atoms with E-state index >= 15 is 0 Å². The molecule has 4 nitrogen and oxygen atoms in total. The van der Waals surface area contributed by atoms with Gasteiger partial charge in [0.25, 0.3) is 0 Å². The summed E-state index contributed by atoms with van der Waals surface area (Å²) in [5, 5.41) is 9.70. The fourth-order valence-corrected chi connectivity index (χ4v) is 2.15. The summed E-state index contributed by atoms with van der Waals surface area (Å²) < 4.78 is 5.17. The lowest BCUT2D eigenvalue weighted by Gasteiger charge is -2.31. The summed E-state index contributed by atoms with van der Waals surface area (Å²) in [6, 6.07) is 0.439. The van der Waals surface area contributed by atoms with Crippen LogP contribution in [0.5, 0.6) is 0 Å². The highest BCUT2D eigenvalue weighted by Gasteiger charge is 2.23. The first-order valence-corrected chi connectivity index (χ1v) is 6.11. The lowest BCUT2D eigenvalue weighted by atomic mass is 9.93. The minimum absolute atomic E-state index is 0.375. The van der Waals surface area contributed by atoms with Crippen LogP contribution in [-0.4, -0.2) is 54.7 Å². The molecule has 0 heterocycles. The summed E-state index contributed by atoms with van der Waals surface area (Å²) in [5.74, 6) is 0.375. The third kappa shape index (κ3) is 4.60. The number of Topliss-reactive ketones (excluding diaryl/α,β-unsaturated/α-hetero) is 1. The highest BCUT2D eigenvalue weighted by molar-refractivity contribution is 5.79. The smallest absolute Gasteiger partial charge is 0.133 e. The number of ketones is 1. The number of ether oxygens (including phenoxy) is 1. The van der Waals surface area contributed by atoms with Crippen molar-refractivity contribution >= 4 is 5.78 Å². The molecule has 0 saturated heterocycles. The molecule has 1 N–H and O–H groups in total. The average molecular weight is 229 g/mol. The topological polar surface area (TPSA) is 49.8 Å². The molecule has 1 rings (SSSR count). The zero-order chi connectivity index (χ0) is 12.0. The van der Waals surface area contributed by atoms with Crippen LogP contribution in [0.25, 0.3) is 0 Å². The molecule has 0 radical (unpaired) electrons. The van der Waals surface area contributed by atoms with Crippen LogP contribution in [0.3, 0.4) is 0 Å². The van der Waals surface area contributed by atoms with Crippen LogP contribution in [0.15, 0.2) is 0 Å². The molecule has 1 unspecified atom stereocenters. The van der Waals surface area contributed by atoms with Crippen LogP contribution < -0.4 is 0 Å². The van der Waals surface area contributed by atoms with Gasteiger partial charge < -0.3 is 14.7 Å². The number of hydrogen-bond donors (Lipinski definition) is 1. The van der Waals surface area contributed by atoms with E-state index in [9.17, 15) is 9.90 Å². The molecule has 0 aromatic carbocycles. The molecule has 1 aliphatic rings. The maximum atomic E-state index is 11.1. The van der Waals surface area contributed by atoms with Gasteiger partial charge in [-0.3, -0.25) is 4.79 Å². The van der Waals surface area contributed by atoms with Crippen molar-refractivity contribution in [3.8, 4) is 0 Å².